The molecule has 0 aromatic heterocycles. The zero-order chi connectivity index (χ0) is 8.54. The SMILES string of the molecule is CC(C)(C)OCC1(CS)CC1. The predicted octanol–water partition coefficient (Wildman–Crippen LogP) is 2.51. The number of hydrogen-bond acceptors (Lipinski definition) is 2. The zero-order valence-electron chi connectivity index (χ0n) is 7.68. The molecule has 2 heteroatoms. The van der Waals surface area contributed by atoms with Crippen LogP contribution in [0.25, 0.3) is 0 Å². The van der Waals surface area contributed by atoms with Crippen molar-refractivity contribution in [3.63, 3.8) is 0 Å². The van der Waals surface area contributed by atoms with Crippen LogP contribution in [0.4, 0.5) is 0 Å². The minimum atomic E-state index is 0.0124. The third kappa shape index (κ3) is 3.04. The summed E-state index contributed by atoms with van der Waals surface area (Å²) in [6.07, 6.45) is 2.60. The van der Waals surface area contributed by atoms with Crippen molar-refractivity contribution in [1.82, 2.24) is 0 Å². The molecule has 11 heavy (non-hydrogen) atoms. The van der Waals surface area contributed by atoms with Gasteiger partial charge in [-0.25, -0.2) is 0 Å². The van der Waals surface area contributed by atoms with Crippen LogP contribution in [0.15, 0.2) is 0 Å². The van der Waals surface area contributed by atoms with Gasteiger partial charge < -0.3 is 4.74 Å². The summed E-state index contributed by atoms with van der Waals surface area (Å²) in [5.74, 6) is 0.975. The number of thiol groups is 1. The summed E-state index contributed by atoms with van der Waals surface area (Å²) in [5, 5.41) is 0. The van der Waals surface area contributed by atoms with Crippen LogP contribution < -0.4 is 0 Å². The summed E-state index contributed by atoms with van der Waals surface area (Å²) in [4.78, 5) is 0. The molecule has 1 aliphatic rings. The van der Waals surface area contributed by atoms with E-state index in [4.69, 9.17) is 4.74 Å². The minimum Gasteiger partial charge on any atom is -0.375 e. The van der Waals surface area contributed by atoms with Gasteiger partial charge >= 0.3 is 0 Å². The molecule has 0 aromatic carbocycles. The van der Waals surface area contributed by atoms with Gasteiger partial charge in [-0.15, -0.1) is 0 Å². The Morgan fingerprint density at radius 1 is 1.36 bits per heavy atom. The maximum atomic E-state index is 5.70. The quantitative estimate of drug-likeness (QED) is 0.647. The summed E-state index contributed by atoms with van der Waals surface area (Å²) < 4.78 is 5.70. The Hall–Kier alpha value is 0.310. The summed E-state index contributed by atoms with van der Waals surface area (Å²) in [6, 6.07) is 0. The Kier molecular flexibility index (Phi) is 2.55. The topological polar surface area (TPSA) is 9.23 Å². The Morgan fingerprint density at radius 3 is 2.18 bits per heavy atom. The molecule has 1 rings (SSSR count). The summed E-state index contributed by atoms with van der Waals surface area (Å²) in [7, 11) is 0. The molecular formula is C9H18OS. The molecule has 0 unspecified atom stereocenters. The van der Waals surface area contributed by atoms with E-state index in [1.807, 2.05) is 0 Å². The number of hydrogen-bond donors (Lipinski definition) is 1. The fourth-order valence-electron chi connectivity index (χ4n) is 0.894. The zero-order valence-corrected chi connectivity index (χ0v) is 8.58. The van der Waals surface area contributed by atoms with Crippen molar-refractivity contribution in [3.05, 3.63) is 0 Å². The second-order valence-electron chi connectivity index (χ2n) is 4.56. The van der Waals surface area contributed by atoms with E-state index in [-0.39, 0.29) is 5.60 Å². The minimum absolute atomic E-state index is 0.0124. The van der Waals surface area contributed by atoms with Crippen LogP contribution in [0.2, 0.25) is 0 Å². The fraction of sp³-hybridized carbons (Fsp3) is 1.00. The van der Waals surface area contributed by atoms with Crippen LogP contribution in [0.1, 0.15) is 33.6 Å². The van der Waals surface area contributed by atoms with Crippen LogP contribution in [0.5, 0.6) is 0 Å². The molecule has 0 atom stereocenters. The normalized spacial score (nSPS) is 21.8. The van der Waals surface area contributed by atoms with Crippen LogP contribution in [0, 0.1) is 5.41 Å². The first-order valence-electron chi connectivity index (χ1n) is 4.22. The number of rotatable bonds is 3. The van der Waals surface area contributed by atoms with E-state index in [0.29, 0.717) is 5.41 Å². The highest BCUT2D eigenvalue weighted by atomic mass is 32.1. The van der Waals surface area contributed by atoms with Crippen LogP contribution >= 0.6 is 12.6 Å². The van der Waals surface area contributed by atoms with Gasteiger partial charge in [0.15, 0.2) is 0 Å². The maximum absolute atomic E-state index is 5.70. The third-order valence-corrected chi connectivity index (χ3v) is 2.77. The van der Waals surface area contributed by atoms with Crippen molar-refractivity contribution in [1.29, 1.82) is 0 Å². The highest BCUT2D eigenvalue weighted by Crippen LogP contribution is 2.47. The van der Waals surface area contributed by atoms with E-state index in [0.717, 1.165) is 12.4 Å². The van der Waals surface area contributed by atoms with Crippen LogP contribution in [-0.2, 0) is 4.74 Å². The van der Waals surface area contributed by atoms with Crippen molar-refractivity contribution < 1.29 is 4.74 Å². The molecule has 1 saturated carbocycles. The Bertz CT molecular complexity index is 133. The highest BCUT2D eigenvalue weighted by Gasteiger charge is 2.42. The van der Waals surface area contributed by atoms with Crippen molar-refractivity contribution >= 4 is 12.6 Å². The lowest BCUT2D eigenvalue weighted by molar-refractivity contribution is -0.0237. The van der Waals surface area contributed by atoms with E-state index in [1.54, 1.807) is 0 Å². The summed E-state index contributed by atoms with van der Waals surface area (Å²) in [5.41, 5.74) is 0.453. The summed E-state index contributed by atoms with van der Waals surface area (Å²) >= 11 is 4.31. The van der Waals surface area contributed by atoms with Gasteiger partial charge in [-0.1, -0.05) is 0 Å². The molecule has 0 bridgehead atoms. The van der Waals surface area contributed by atoms with Crippen molar-refractivity contribution in [2.24, 2.45) is 5.41 Å². The molecule has 0 N–H and O–H groups in total. The third-order valence-electron chi connectivity index (χ3n) is 2.10. The van der Waals surface area contributed by atoms with Crippen LogP contribution in [-0.4, -0.2) is 18.0 Å². The summed E-state index contributed by atoms with van der Waals surface area (Å²) in [6.45, 7) is 7.19. The molecule has 1 fully saturated rings. The van der Waals surface area contributed by atoms with Gasteiger partial charge in [0.2, 0.25) is 0 Å². The van der Waals surface area contributed by atoms with Gasteiger partial charge in [-0.3, -0.25) is 0 Å². The Balaban J connectivity index is 2.22. The van der Waals surface area contributed by atoms with Gasteiger partial charge in [0.1, 0.15) is 0 Å². The monoisotopic (exact) mass is 174 g/mol. The molecule has 0 aliphatic heterocycles. The molecule has 1 nitrogen and oxygen atoms in total. The molecule has 0 radical (unpaired) electrons. The average Bonchev–Trinajstić information content (AvgIpc) is 2.63. The van der Waals surface area contributed by atoms with Crippen LogP contribution in [0.3, 0.4) is 0 Å². The Morgan fingerprint density at radius 2 is 1.91 bits per heavy atom. The van der Waals surface area contributed by atoms with Gasteiger partial charge in [-0.2, -0.15) is 12.6 Å². The predicted molar refractivity (Wildman–Crippen MR) is 51.2 cm³/mol. The molecule has 66 valence electrons. The molecule has 0 amide bonds. The standard InChI is InChI=1S/C9H18OS/c1-8(2,3)10-6-9(7-11)4-5-9/h11H,4-7H2,1-3H3. The second kappa shape index (κ2) is 2.98. The van der Waals surface area contributed by atoms with E-state index in [2.05, 4.69) is 33.4 Å². The molecule has 1 aliphatic carbocycles. The smallest absolute Gasteiger partial charge is 0.0598 e. The fourth-order valence-corrected chi connectivity index (χ4v) is 1.30. The van der Waals surface area contributed by atoms with Gasteiger partial charge in [0.05, 0.1) is 12.2 Å². The van der Waals surface area contributed by atoms with Gasteiger partial charge in [0.25, 0.3) is 0 Å². The van der Waals surface area contributed by atoms with E-state index < -0.39 is 0 Å². The van der Waals surface area contributed by atoms with Gasteiger partial charge in [-0.05, 0) is 39.4 Å². The molecular weight excluding hydrogens is 156 g/mol. The maximum Gasteiger partial charge on any atom is 0.0598 e. The van der Waals surface area contributed by atoms with Crippen molar-refractivity contribution in [3.8, 4) is 0 Å². The lowest BCUT2D eigenvalue weighted by Gasteiger charge is -2.23. The average molecular weight is 174 g/mol. The lowest BCUT2D eigenvalue weighted by Crippen LogP contribution is -2.24. The first-order chi connectivity index (χ1) is 4.97. The van der Waals surface area contributed by atoms with E-state index in [9.17, 15) is 0 Å². The van der Waals surface area contributed by atoms with Gasteiger partial charge in [0, 0.05) is 5.41 Å². The lowest BCUT2D eigenvalue weighted by atomic mass is 10.1. The first kappa shape index (κ1) is 9.40. The molecule has 0 aromatic rings. The largest absolute Gasteiger partial charge is 0.375 e. The molecule has 0 spiro atoms. The van der Waals surface area contributed by atoms with E-state index in [1.165, 1.54) is 12.8 Å². The molecule has 0 saturated heterocycles. The Labute approximate surface area is 74.9 Å². The second-order valence-corrected chi connectivity index (χ2v) is 4.88. The first-order valence-corrected chi connectivity index (χ1v) is 4.86. The molecule has 0 heterocycles. The van der Waals surface area contributed by atoms with E-state index >= 15 is 0 Å². The van der Waals surface area contributed by atoms with Crippen molar-refractivity contribution in [2.45, 2.75) is 39.2 Å². The highest BCUT2D eigenvalue weighted by molar-refractivity contribution is 7.80. The number of ether oxygens (including phenoxy) is 1. The van der Waals surface area contributed by atoms with Crippen molar-refractivity contribution in [2.75, 3.05) is 12.4 Å².